The number of aryl methyl sites for hydroxylation is 1. The highest BCUT2D eigenvalue weighted by Gasteiger charge is 2.19. The molecule has 5 nitrogen and oxygen atoms in total. The normalized spacial score (nSPS) is 14.9. The van der Waals surface area contributed by atoms with Crippen LogP contribution in [0, 0.1) is 6.92 Å². The van der Waals surface area contributed by atoms with Crippen molar-refractivity contribution in [3.63, 3.8) is 0 Å². The van der Waals surface area contributed by atoms with Crippen LogP contribution in [-0.2, 0) is 16.1 Å². The summed E-state index contributed by atoms with van der Waals surface area (Å²) in [7, 11) is 1.43. The number of ether oxygens (including phenoxy) is 1. The summed E-state index contributed by atoms with van der Waals surface area (Å²) in [5, 5.41) is 4.21. The van der Waals surface area contributed by atoms with Crippen molar-refractivity contribution in [3.8, 4) is 0 Å². The van der Waals surface area contributed by atoms with E-state index in [0.717, 1.165) is 63.6 Å². The Bertz CT molecular complexity index is 586. The van der Waals surface area contributed by atoms with Crippen molar-refractivity contribution in [2.24, 2.45) is 0 Å². The molecule has 0 atom stereocenters. The van der Waals surface area contributed by atoms with Crippen LogP contribution in [0.15, 0.2) is 24.3 Å². The second-order valence-corrected chi connectivity index (χ2v) is 7.20. The van der Waals surface area contributed by atoms with Gasteiger partial charge < -0.3 is 15.0 Å². The van der Waals surface area contributed by atoms with Crippen molar-refractivity contribution >= 4 is 23.3 Å². The number of benzene rings is 1. The number of esters is 1. The molecule has 0 radical (unpaired) electrons. The average molecular weight is 378 g/mol. The van der Waals surface area contributed by atoms with E-state index in [2.05, 4.69) is 51.0 Å². The lowest BCUT2D eigenvalue weighted by molar-refractivity contribution is -0.140. The van der Waals surface area contributed by atoms with E-state index in [-0.39, 0.29) is 5.97 Å². The van der Waals surface area contributed by atoms with Crippen molar-refractivity contribution in [2.45, 2.75) is 39.2 Å². The van der Waals surface area contributed by atoms with Crippen molar-refractivity contribution in [2.75, 3.05) is 39.8 Å². The molecule has 1 fully saturated rings. The first-order chi connectivity index (χ1) is 12.6. The van der Waals surface area contributed by atoms with Crippen LogP contribution in [0.5, 0.6) is 0 Å². The summed E-state index contributed by atoms with van der Waals surface area (Å²) in [5.41, 5.74) is 2.77. The Hall–Kier alpha value is -1.66. The molecule has 6 heteroatoms. The number of nitrogens with one attached hydrogen (secondary N) is 1. The number of methoxy groups -OCH3 is 1. The van der Waals surface area contributed by atoms with Gasteiger partial charge in [-0.3, -0.25) is 9.69 Å². The molecule has 1 saturated heterocycles. The van der Waals surface area contributed by atoms with E-state index in [0.29, 0.717) is 6.42 Å². The molecule has 0 spiro atoms. The van der Waals surface area contributed by atoms with Crippen LogP contribution in [0.2, 0.25) is 0 Å². The number of piperazine rings is 1. The number of nitrogens with zero attached hydrogens (tertiary/aromatic N) is 2. The first-order valence-electron chi connectivity index (χ1n) is 9.46. The Morgan fingerprint density at radius 3 is 2.58 bits per heavy atom. The van der Waals surface area contributed by atoms with Gasteiger partial charge in [-0.25, -0.2) is 0 Å². The van der Waals surface area contributed by atoms with Crippen molar-refractivity contribution in [3.05, 3.63) is 35.4 Å². The Balaban J connectivity index is 1.59. The Morgan fingerprint density at radius 1 is 1.15 bits per heavy atom. The molecule has 1 aliphatic heterocycles. The molecule has 0 bridgehead atoms. The minimum Gasteiger partial charge on any atom is -0.469 e. The van der Waals surface area contributed by atoms with Gasteiger partial charge in [-0.2, -0.15) is 0 Å². The van der Waals surface area contributed by atoms with E-state index in [1.54, 1.807) is 0 Å². The van der Waals surface area contributed by atoms with Crippen LogP contribution < -0.4 is 5.32 Å². The predicted octanol–water partition coefficient (Wildman–Crippen LogP) is 2.72. The van der Waals surface area contributed by atoms with E-state index < -0.39 is 0 Å². The topological polar surface area (TPSA) is 44.8 Å². The van der Waals surface area contributed by atoms with Gasteiger partial charge in [0.05, 0.1) is 7.11 Å². The van der Waals surface area contributed by atoms with Gasteiger partial charge in [0.2, 0.25) is 0 Å². The Morgan fingerprint density at radius 2 is 1.88 bits per heavy atom. The first-order valence-corrected chi connectivity index (χ1v) is 9.87. The maximum atomic E-state index is 11.1. The summed E-state index contributed by atoms with van der Waals surface area (Å²) >= 11 is 5.52. The van der Waals surface area contributed by atoms with E-state index in [1.807, 2.05) is 0 Å². The molecule has 1 aromatic rings. The molecule has 1 aromatic carbocycles. The molecule has 26 heavy (non-hydrogen) atoms. The standard InChI is InChI=1S/C20H31N3O2S/c1-17-8-5-6-9-18(17)16-22-12-14-23(15-13-22)20(26)21-11-7-3-4-10-19(24)25-2/h5-6,8-9H,3-4,7,10-16H2,1-2H3,(H,21,26). The number of hydrogen-bond donors (Lipinski definition) is 1. The number of carbonyl (C=O) groups is 1. The summed E-state index contributed by atoms with van der Waals surface area (Å²) < 4.78 is 4.64. The minimum absolute atomic E-state index is 0.128. The predicted molar refractivity (Wildman–Crippen MR) is 109 cm³/mol. The highest BCUT2D eigenvalue weighted by atomic mass is 32.1. The lowest BCUT2D eigenvalue weighted by atomic mass is 10.1. The Kier molecular flexibility index (Phi) is 8.85. The molecule has 0 unspecified atom stereocenters. The molecule has 0 amide bonds. The zero-order valence-corrected chi connectivity index (χ0v) is 16.8. The van der Waals surface area contributed by atoms with E-state index in [4.69, 9.17) is 12.2 Å². The second-order valence-electron chi connectivity index (χ2n) is 6.81. The van der Waals surface area contributed by atoms with Gasteiger partial charge >= 0.3 is 5.97 Å². The van der Waals surface area contributed by atoms with Crippen LogP contribution in [0.4, 0.5) is 0 Å². The summed E-state index contributed by atoms with van der Waals surface area (Å²) in [6, 6.07) is 8.60. The highest BCUT2D eigenvalue weighted by Crippen LogP contribution is 2.12. The summed E-state index contributed by atoms with van der Waals surface area (Å²) in [6.07, 6.45) is 3.40. The van der Waals surface area contributed by atoms with E-state index in [9.17, 15) is 4.79 Å². The third-order valence-corrected chi connectivity index (χ3v) is 5.28. The van der Waals surface area contributed by atoms with Crippen LogP contribution in [0.3, 0.4) is 0 Å². The molecule has 2 rings (SSSR count). The third kappa shape index (κ3) is 6.92. The maximum Gasteiger partial charge on any atom is 0.305 e. The monoisotopic (exact) mass is 377 g/mol. The molecule has 0 aliphatic carbocycles. The number of rotatable bonds is 8. The molecule has 144 valence electrons. The lowest BCUT2D eigenvalue weighted by Crippen LogP contribution is -2.51. The van der Waals surface area contributed by atoms with E-state index in [1.165, 1.54) is 18.2 Å². The van der Waals surface area contributed by atoms with Gasteiger partial charge in [-0.15, -0.1) is 0 Å². The average Bonchev–Trinajstić information content (AvgIpc) is 2.66. The highest BCUT2D eigenvalue weighted by molar-refractivity contribution is 7.80. The van der Waals surface area contributed by atoms with Gasteiger partial charge in [-0.1, -0.05) is 30.7 Å². The quantitative estimate of drug-likeness (QED) is 0.427. The zero-order valence-electron chi connectivity index (χ0n) is 16.0. The number of hydrogen-bond acceptors (Lipinski definition) is 4. The minimum atomic E-state index is -0.128. The van der Waals surface area contributed by atoms with Crippen LogP contribution in [0.25, 0.3) is 0 Å². The number of thiocarbonyl (C=S) groups is 1. The SMILES string of the molecule is COC(=O)CCCCCNC(=S)N1CCN(Cc2ccccc2C)CC1. The van der Waals surface area contributed by atoms with E-state index >= 15 is 0 Å². The third-order valence-electron chi connectivity index (χ3n) is 4.88. The molecular weight excluding hydrogens is 346 g/mol. The fourth-order valence-electron chi connectivity index (χ4n) is 3.12. The van der Waals surface area contributed by atoms with Gasteiger partial charge in [0.1, 0.15) is 0 Å². The van der Waals surface area contributed by atoms with Crippen molar-refractivity contribution in [1.29, 1.82) is 0 Å². The van der Waals surface area contributed by atoms with Crippen LogP contribution in [0.1, 0.15) is 36.8 Å². The van der Waals surface area contributed by atoms with Gasteiger partial charge in [0.15, 0.2) is 5.11 Å². The fourth-order valence-corrected chi connectivity index (χ4v) is 3.40. The zero-order chi connectivity index (χ0) is 18.8. The lowest BCUT2D eigenvalue weighted by Gasteiger charge is -2.36. The number of unbranched alkanes of at least 4 members (excludes halogenated alkanes) is 2. The molecule has 0 saturated carbocycles. The largest absolute Gasteiger partial charge is 0.469 e. The smallest absolute Gasteiger partial charge is 0.305 e. The molecule has 0 aromatic heterocycles. The Labute approximate surface area is 162 Å². The first kappa shape index (κ1) is 20.6. The summed E-state index contributed by atoms with van der Waals surface area (Å²) in [5.74, 6) is -0.128. The molecular formula is C20H31N3O2S. The van der Waals surface area contributed by atoms with Crippen LogP contribution >= 0.6 is 12.2 Å². The summed E-state index contributed by atoms with van der Waals surface area (Å²) in [6.45, 7) is 8.07. The van der Waals surface area contributed by atoms with Gasteiger partial charge in [0, 0.05) is 45.7 Å². The van der Waals surface area contributed by atoms with Gasteiger partial charge in [0.25, 0.3) is 0 Å². The molecule has 1 aliphatic rings. The summed E-state index contributed by atoms with van der Waals surface area (Å²) in [4.78, 5) is 15.8. The molecule has 1 heterocycles. The van der Waals surface area contributed by atoms with Crippen LogP contribution in [-0.4, -0.2) is 60.7 Å². The maximum absolute atomic E-state index is 11.1. The van der Waals surface area contributed by atoms with Crippen molar-refractivity contribution < 1.29 is 9.53 Å². The second kappa shape index (κ2) is 11.1. The fraction of sp³-hybridized carbons (Fsp3) is 0.600. The molecule has 1 N–H and O–H groups in total. The van der Waals surface area contributed by atoms with Gasteiger partial charge in [-0.05, 0) is 43.1 Å². The van der Waals surface area contributed by atoms with Crippen molar-refractivity contribution in [1.82, 2.24) is 15.1 Å². The number of carbonyl (C=O) groups excluding carboxylic acids is 1.